The zero-order valence-corrected chi connectivity index (χ0v) is 9.46. The molecule has 0 fully saturated rings. The van der Waals surface area contributed by atoms with Gasteiger partial charge in [0.1, 0.15) is 5.82 Å². The number of nitrogens with zero attached hydrogens (tertiary/aromatic N) is 4. The Kier molecular flexibility index (Phi) is 3.34. The fourth-order valence-electron chi connectivity index (χ4n) is 1.77. The first-order valence-corrected chi connectivity index (χ1v) is 5.50. The zero-order chi connectivity index (χ0) is 12.5. The third-order valence-corrected chi connectivity index (χ3v) is 2.59. The second-order valence-corrected chi connectivity index (χ2v) is 3.92. The highest BCUT2D eigenvalue weighted by molar-refractivity contribution is 5.01. The van der Waals surface area contributed by atoms with Crippen molar-refractivity contribution in [2.24, 2.45) is 0 Å². The van der Waals surface area contributed by atoms with Crippen molar-refractivity contribution in [3.63, 3.8) is 0 Å². The molecule has 0 amide bonds. The molecule has 96 valence electrons. The summed E-state index contributed by atoms with van der Waals surface area (Å²) in [6.07, 6.45) is -3.46. The van der Waals surface area contributed by atoms with E-state index in [-0.39, 0.29) is 6.54 Å². The molecule has 0 bridgehead atoms. The molecule has 1 aromatic heterocycles. The van der Waals surface area contributed by atoms with Crippen molar-refractivity contribution in [1.29, 1.82) is 0 Å². The first-order valence-electron chi connectivity index (χ1n) is 5.50. The van der Waals surface area contributed by atoms with Gasteiger partial charge >= 0.3 is 6.18 Å². The molecule has 0 aromatic carbocycles. The van der Waals surface area contributed by atoms with Crippen molar-refractivity contribution >= 4 is 0 Å². The van der Waals surface area contributed by atoms with Crippen molar-refractivity contribution in [1.82, 2.24) is 25.2 Å². The molecule has 17 heavy (non-hydrogen) atoms. The summed E-state index contributed by atoms with van der Waals surface area (Å²) >= 11 is 0. The van der Waals surface area contributed by atoms with Crippen LogP contribution in [0.15, 0.2) is 0 Å². The van der Waals surface area contributed by atoms with Crippen molar-refractivity contribution in [2.75, 3.05) is 13.1 Å². The Balaban J connectivity index is 2.11. The van der Waals surface area contributed by atoms with Crippen LogP contribution in [0.25, 0.3) is 0 Å². The second-order valence-electron chi connectivity index (χ2n) is 3.92. The summed E-state index contributed by atoms with van der Waals surface area (Å²) in [4.78, 5) is 0. The van der Waals surface area contributed by atoms with Crippen molar-refractivity contribution in [2.45, 2.75) is 32.6 Å². The first-order chi connectivity index (χ1) is 8.02. The summed E-state index contributed by atoms with van der Waals surface area (Å²) in [7, 11) is 0. The van der Waals surface area contributed by atoms with E-state index < -0.39 is 12.0 Å². The van der Waals surface area contributed by atoms with E-state index in [4.69, 9.17) is 0 Å². The fourth-order valence-corrected chi connectivity index (χ4v) is 1.77. The van der Waals surface area contributed by atoms with Crippen LogP contribution in [0.3, 0.4) is 0 Å². The van der Waals surface area contributed by atoms with Gasteiger partial charge in [-0.15, -0.1) is 10.2 Å². The maximum absolute atomic E-state index is 12.6. The summed E-state index contributed by atoms with van der Waals surface area (Å²) in [5.74, 6) is -0.546. The van der Waals surface area contributed by atoms with E-state index >= 15 is 0 Å². The Morgan fingerprint density at radius 2 is 2.06 bits per heavy atom. The molecule has 1 aromatic rings. The molecule has 0 spiro atoms. The molecular formula is C9H14F3N5. The van der Waals surface area contributed by atoms with Crippen LogP contribution < -0.4 is 5.43 Å². The highest BCUT2D eigenvalue weighted by atomic mass is 19.4. The van der Waals surface area contributed by atoms with Crippen molar-refractivity contribution < 1.29 is 13.2 Å². The Labute approximate surface area is 96.6 Å². The van der Waals surface area contributed by atoms with E-state index in [0.717, 1.165) is 17.5 Å². The SMILES string of the molecule is CCCNN1CCn2c(nnc2C(F)(F)F)C1. The minimum Gasteiger partial charge on any atom is -0.305 e. The van der Waals surface area contributed by atoms with E-state index in [9.17, 15) is 13.2 Å². The molecule has 0 saturated heterocycles. The number of hydrogen-bond acceptors (Lipinski definition) is 4. The second kappa shape index (κ2) is 4.61. The van der Waals surface area contributed by atoms with E-state index in [1.165, 1.54) is 0 Å². The van der Waals surface area contributed by atoms with Gasteiger partial charge in [-0.3, -0.25) is 5.43 Å². The highest BCUT2D eigenvalue weighted by Crippen LogP contribution is 2.29. The number of rotatable bonds is 3. The summed E-state index contributed by atoms with van der Waals surface area (Å²) in [5, 5.41) is 8.68. The molecule has 0 atom stereocenters. The fraction of sp³-hybridized carbons (Fsp3) is 0.778. The van der Waals surface area contributed by atoms with Gasteiger partial charge in [-0.05, 0) is 6.42 Å². The molecule has 0 unspecified atom stereocenters. The summed E-state index contributed by atoms with van der Waals surface area (Å²) in [6.45, 7) is 3.96. The molecule has 5 nitrogen and oxygen atoms in total. The summed E-state index contributed by atoms with van der Waals surface area (Å²) < 4.78 is 38.8. The third kappa shape index (κ3) is 2.58. The molecule has 1 N–H and O–H groups in total. The average Bonchev–Trinajstić information content (AvgIpc) is 2.68. The van der Waals surface area contributed by atoms with Crippen LogP contribution in [0.1, 0.15) is 25.0 Å². The Morgan fingerprint density at radius 3 is 2.71 bits per heavy atom. The largest absolute Gasteiger partial charge is 0.451 e. The predicted molar refractivity (Wildman–Crippen MR) is 53.7 cm³/mol. The summed E-state index contributed by atoms with van der Waals surface area (Å²) in [6, 6.07) is 0. The van der Waals surface area contributed by atoms with Gasteiger partial charge in [0.25, 0.3) is 0 Å². The molecule has 1 aliphatic heterocycles. The van der Waals surface area contributed by atoms with Gasteiger partial charge in [0, 0.05) is 19.6 Å². The van der Waals surface area contributed by atoms with Gasteiger partial charge in [-0.2, -0.15) is 13.2 Å². The standard InChI is InChI=1S/C9H14F3N5/c1-2-3-13-16-4-5-17-7(6-16)14-15-8(17)9(10,11)12/h13H,2-6H2,1H3. The number of alkyl halides is 3. The lowest BCUT2D eigenvalue weighted by Gasteiger charge is -2.28. The maximum atomic E-state index is 12.6. The Morgan fingerprint density at radius 1 is 1.29 bits per heavy atom. The summed E-state index contributed by atoms with van der Waals surface area (Å²) in [5.41, 5.74) is 3.13. The minimum absolute atomic E-state index is 0.258. The zero-order valence-electron chi connectivity index (χ0n) is 9.46. The molecule has 2 rings (SSSR count). The molecule has 8 heteroatoms. The Bertz CT molecular complexity index is 386. The van der Waals surface area contributed by atoms with Gasteiger partial charge in [0.05, 0.1) is 6.54 Å². The molecule has 0 aliphatic carbocycles. The van der Waals surface area contributed by atoms with Gasteiger partial charge in [-0.1, -0.05) is 6.92 Å². The van der Waals surface area contributed by atoms with Crippen LogP contribution in [0, 0.1) is 0 Å². The highest BCUT2D eigenvalue weighted by Gasteiger charge is 2.39. The number of hydrazine groups is 1. The van der Waals surface area contributed by atoms with Crippen molar-refractivity contribution in [3.8, 4) is 0 Å². The lowest BCUT2D eigenvalue weighted by molar-refractivity contribution is -0.148. The van der Waals surface area contributed by atoms with E-state index in [1.807, 2.05) is 11.9 Å². The molecule has 2 heterocycles. The van der Waals surface area contributed by atoms with Crippen molar-refractivity contribution in [3.05, 3.63) is 11.6 Å². The third-order valence-electron chi connectivity index (χ3n) is 2.59. The van der Waals surface area contributed by atoms with E-state index in [1.54, 1.807) is 0 Å². The number of aromatic nitrogens is 3. The number of nitrogens with one attached hydrogen (secondary N) is 1. The monoisotopic (exact) mass is 249 g/mol. The quantitative estimate of drug-likeness (QED) is 0.869. The lowest BCUT2D eigenvalue weighted by Crippen LogP contribution is -2.44. The van der Waals surface area contributed by atoms with Crippen LogP contribution in [0.4, 0.5) is 13.2 Å². The van der Waals surface area contributed by atoms with E-state index in [0.29, 0.717) is 18.9 Å². The molecule has 0 saturated carbocycles. The first kappa shape index (κ1) is 12.3. The van der Waals surface area contributed by atoms with Crippen LogP contribution in [-0.2, 0) is 19.3 Å². The van der Waals surface area contributed by atoms with Crippen LogP contribution in [0.5, 0.6) is 0 Å². The molecule has 0 radical (unpaired) electrons. The number of fused-ring (bicyclic) bond motifs is 1. The number of hydrogen-bond donors (Lipinski definition) is 1. The Hall–Kier alpha value is -1.15. The predicted octanol–water partition coefficient (Wildman–Crippen LogP) is 1.03. The topological polar surface area (TPSA) is 46.0 Å². The van der Waals surface area contributed by atoms with Gasteiger partial charge in [0.15, 0.2) is 0 Å². The molecular weight excluding hydrogens is 235 g/mol. The lowest BCUT2D eigenvalue weighted by atomic mass is 10.4. The van der Waals surface area contributed by atoms with Crippen LogP contribution in [0.2, 0.25) is 0 Å². The van der Waals surface area contributed by atoms with Gasteiger partial charge in [0.2, 0.25) is 5.82 Å². The van der Waals surface area contributed by atoms with Gasteiger partial charge < -0.3 is 4.57 Å². The normalized spacial score (nSPS) is 17.2. The molecule has 1 aliphatic rings. The number of halogens is 3. The van der Waals surface area contributed by atoms with Crippen LogP contribution in [-0.4, -0.2) is 32.9 Å². The van der Waals surface area contributed by atoms with Gasteiger partial charge in [-0.25, -0.2) is 5.01 Å². The minimum atomic E-state index is -4.43. The van der Waals surface area contributed by atoms with E-state index in [2.05, 4.69) is 15.6 Å². The maximum Gasteiger partial charge on any atom is 0.451 e. The smallest absolute Gasteiger partial charge is 0.305 e. The van der Waals surface area contributed by atoms with Crippen LogP contribution >= 0.6 is 0 Å². The average molecular weight is 249 g/mol.